The van der Waals surface area contributed by atoms with E-state index in [4.69, 9.17) is 0 Å². The molecular weight excluding hydrogens is 302 g/mol. The van der Waals surface area contributed by atoms with Crippen molar-refractivity contribution < 1.29 is 4.79 Å². The molecule has 0 aliphatic heterocycles. The average molecular weight is 315 g/mol. The number of pyridine rings is 2. The Hall–Kier alpha value is -3.54. The van der Waals surface area contributed by atoms with E-state index in [2.05, 4.69) is 20.1 Å². The monoisotopic (exact) mass is 315 g/mol. The molecule has 0 aliphatic carbocycles. The highest BCUT2D eigenvalue weighted by Gasteiger charge is 2.13. The predicted molar refractivity (Wildman–Crippen MR) is 94.0 cm³/mol. The third kappa shape index (κ3) is 2.40. The molecule has 0 saturated carbocycles. The normalized spacial score (nSPS) is 11.3. The third-order valence-corrected chi connectivity index (χ3v) is 3.73. The fraction of sp³-hybridized carbons (Fsp3) is 0. The van der Waals surface area contributed by atoms with Gasteiger partial charge in [-0.2, -0.15) is 10.1 Å². The van der Waals surface area contributed by atoms with E-state index in [1.165, 1.54) is 11.2 Å². The molecule has 0 fully saturated rings. The summed E-state index contributed by atoms with van der Waals surface area (Å²) in [6.07, 6.45) is 5.50. The number of H-pyrrole nitrogens is 1. The van der Waals surface area contributed by atoms with Crippen molar-refractivity contribution in [1.29, 1.82) is 0 Å². The zero-order chi connectivity index (χ0) is 16.4. The van der Waals surface area contributed by atoms with Gasteiger partial charge in [0.15, 0.2) is 5.82 Å². The number of hydrogen-bond donors (Lipinski definition) is 1. The highest BCUT2D eigenvalue weighted by Crippen LogP contribution is 2.30. The lowest BCUT2D eigenvalue weighted by Gasteiger charge is -2.10. The van der Waals surface area contributed by atoms with E-state index in [0.717, 1.165) is 21.8 Å². The summed E-state index contributed by atoms with van der Waals surface area (Å²) in [5.41, 5.74) is 2.42. The number of hydrazone groups is 1. The van der Waals surface area contributed by atoms with Crippen LogP contribution in [0.25, 0.3) is 21.8 Å². The molecular formula is C18H13N5O. The van der Waals surface area contributed by atoms with Crippen LogP contribution in [0.4, 0.5) is 5.82 Å². The van der Waals surface area contributed by atoms with Crippen LogP contribution < -0.4 is 5.01 Å². The summed E-state index contributed by atoms with van der Waals surface area (Å²) in [5, 5.41) is 7.47. The molecule has 0 spiro atoms. The molecule has 116 valence electrons. The number of benzene rings is 1. The number of para-hydroxylation sites is 1. The maximum atomic E-state index is 11.5. The van der Waals surface area contributed by atoms with Crippen LogP contribution in [-0.4, -0.2) is 27.6 Å². The van der Waals surface area contributed by atoms with Crippen molar-refractivity contribution in [1.82, 2.24) is 15.0 Å². The van der Waals surface area contributed by atoms with Crippen molar-refractivity contribution in [2.45, 2.75) is 0 Å². The van der Waals surface area contributed by atoms with Crippen molar-refractivity contribution >= 4 is 40.2 Å². The topological polar surface area (TPSA) is 74.2 Å². The Labute approximate surface area is 137 Å². The average Bonchev–Trinajstić information content (AvgIpc) is 3.02. The lowest BCUT2D eigenvalue weighted by molar-refractivity contribution is -0.107. The molecule has 3 aromatic heterocycles. The molecule has 0 radical (unpaired) electrons. The number of aromatic amines is 1. The van der Waals surface area contributed by atoms with Crippen molar-refractivity contribution in [3.63, 3.8) is 0 Å². The zero-order valence-electron chi connectivity index (χ0n) is 12.6. The smallest absolute Gasteiger partial charge is 0.236 e. The standard InChI is InChI=1S/C18H13N5O/c24-12-23(21-11-13-5-3-4-9-19-13)18-17-15(8-10-20-18)14-6-1-2-7-16(14)22-17/h1-12,22H. The molecule has 0 saturated heterocycles. The molecule has 0 aliphatic rings. The van der Waals surface area contributed by atoms with Gasteiger partial charge in [0.2, 0.25) is 6.41 Å². The number of hydrogen-bond acceptors (Lipinski definition) is 4. The molecule has 4 rings (SSSR count). The van der Waals surface area contributed by atoms with Gasteiger partial charge < -0.3 is 4.98 Å². The van der Waals surface area contributed by atoms with Crippen LogP contribution in [0.15, 0.2) is 66.0 Å². The Kier molecular flexibility index (Phi) is 3.47. The second-order valence-corrected chi connectivity index (χ2v) is 5.18. The molecule has 6 nitrogen and oxygen atoms in total. The van der Waals surface area contributed by atoms with Crippen molar-refractivity contribution in [2.24, 2.45) is 5.10 Å². The van der Waals surface area contributed by atoms with Crippen LogP contribution in [0, 0.1) is 0 Å². The predicted octanol–water partition coefficient (Wildman–Crippen LogP) is 3.11. The first kappa shape index (κ1) is 14.1. The molecule has 1 N–H and O–H groups in total. The fourth-order valence-electron chi connectivity index (χ4n) is 2.64. The Morgan fingerprint density at radius 3 is 2.67 bits per heavy atom. The maximum Gasteiger partial charge on any atom is 0.236 e. The largest absolute Gasteiger partial charge is 0.351 e. The van der Waals surface area contributed by atoms with E-state index < -0.39 is 0 Å². The van der Waals surface area contributed by atoms with Gasteiger partial charge in [0, 0.05) is 28.7 Å². The highest BCUT2D eigenvalue weighted by molar-refractivity contribution is 6.11. The number of anilines is 1. The van der Waals surface area contributed by atoms with Gasteiger partial charge in [0.05, 0.1) is 17.4 Å². The van der Waals surface area contributed by atoms with Gasteiger partial charge in [0.25, 0.3) is 0 Å². The summed E-state index contributed by atoms with van der Waals surface area (Å²) in [6.45, 7) is 0. The number of nitrogens with zero attached hydrogens (tertiary/aromatic N) is 4. The number of fused-ring (bicyclic) bond motifs is 3. The molecule has 3 heterocycles. The quantitative estimate of drug-likeness (QED) is 0.357. The van der Waals surface area contributed by atoms with Gasteiger partial charge in [-0.3, -0.25) is 9.78 Å². The SMILES string of the molecule is O=CN(N=Cc1ccccn1)c1nccc2c1[nH]c1ccccc12. The van der Waals surface area contributed by atoms with E-state index in [-0.39, 0.29) is 0 Å². The lowest BCUT2D eigenvalue weighted by atomic mass is 10.2. The second-order valence-electron chi connectivity index (χ2n) is 5.18. The molecule has 0 atom stereocenters. The van der Waals surface area contributed by atoms with Crippen LogP contribution in [0.3, 0.4) is 0 Å². The summed E-state index contributed by atoms with van der Waals surface area (Å²) in [6, 6.07) is 15.4. The van der Waals surface area contributed by atoms with E-state index in [1.807, 2.05) is 48.5 Å². The summed E-state index contributed by atoms with van der Waals surface area (Å²) in [7, 11) is 0. The summed E-state index contributed by atoms with van der Waals surface area (Å²) >= 11 is 0. The van der Waals surface area contributed by atoms with Gasteiger partial charge in [-0.25, -0.2) is 4.98 Å². The summed E-state index contributed by atoms with van der Waals surface area (Å²) in [4.78, 5) is 23.3. The number of nitrogens with one attached hydrogen (secondary N) is 1. The first-order chi connectivity index (χ1) is 11.9. The fourth-order valence-corrected chi connectivity index (χ4v) is 2.64. The van der Waals surface area contributed by atoms with E-state index in [9.17, 15) is 4.79 Å². The molecule has 4 aromatic rings. The lowest BCUT2D eigenvalue weighted by Crippen LogP contribution is -2.15. The molecule has 1 aromatic carbocycles. The molecule has 0 bridgehead atoms. The number of carbonyl (C=O) groups excluding carboxylic acids is 1. The number of rotatable bonds is 4. The van der Waals surface area contributed by atoms with Gasteiger partial charge in [-0.05, 0) is 24.3 Å². The minimum Gasteiger partial charge on any atom is -0.351 e. The van der Waals surface area contributed by atoms with E-state index >= 15 is 0 Å². The zero-order valence-corrected chi connectivity index (χ0v) is 12.6. The molecule has 24 heavy (non-hydrogen) atoms. The molecule has 1 amide bonds. The Morgan fingerprint density at radius 1 is 0.958 bits per heavy atom. The van der Waals surface area contributed by atoms with Gasteiger partial charge in [-0.15, -0.1) is 0 Å². The number of carbonyl (C=O) groups is 1. The van der Waals surface area contributed by atoms with E-state index in [1.54, 1.807) is 12.4 Å². The van der Waals surface area contributed by atoms with Gasteiger partial charge >= 0.3 is 0 Å². The van der Waals surface area contributed by atoms with Crippen LogP contribution in [-0.2, 0) is 4.79 Å². The highest BCUT2D eigenvalue weighted by atomic mass is 16.1. The Balaban J connectivity index is 1.82. The molecule has 0 unspecified atom stereocenters. The Bertz CT molecular complexity index is 1040. The van der Waals surface area contributed by atoms with E-state index in [0.29, 0.717) is 17.9 Å². The number of aromatic nitrogens is 3. The Morgan fingerprint density at radius 2 is 1.83 bits per heavy atom. The second kappa shape index (κ2) is 5.92. The third-order valence-electron chi connectivity index (χ3n) is 3.73. The minimum atomic E-state index is 0.450. The number of amides is 1. The van der Waals surface area contributed by atoms with Gasteiger partial charge in [0.1, 0.15) is 0 Å². The minimum absolute atomic E-state index is 0.450. The first-order valence-corrected chi connectivity index (χ1v) is 7.42. The maximum absolute atomic E-state index is 11.5. The van der Waals surface area contributed by atoms with Crippen LogP contribution in [0.1, 0.15) is 5.69 Å². The van der Waals surface area contributed by atoms with Crippen LogP contribution in [0.2, 0.25) is 0 Å². The van der Waals surface area contributed by atoms with Gasteiger partial charge in [-0.1, -0.05) is 24.3 Å². The summed E-state index contributed by atoms with van der Waals surface area (Å²) < 4.78 is 0. The van der Waals surface area contributed by atoms with Crippen LogP contribution in [0.5, 0.6) is 0 Å². The molecule has 6 heteroatoms. The first-order valence-electron chi connectivity index (χ1n) is 7.42. The van der Waals surface area contributed by atoms with Crippen molar-refractivity contribution in [3.8, 4) is 0 Å². The summed E-state index contributed by atoms with van der Waals surface area (Å²) in [5.74, 6) is 0.450. The van der Waals surface area contributed by atoms with Crippen molar-refractivity contribution in [2.75, 3.05) is 5.01 Å². The van der Waals surface area contributed by atoms with Crippen LogP contribution >= 0.6 is 0 Å². The van der Waals surface area contributed by atoms with Crippen molar-refractivity contribution in [3.05, 3.63) is 66.6 Å².